The second kappa shape index (κ2) is 6.97. The molecular formula is C18H19NO6S2. The van der Waals surface area contributed by atoms with Crippen molar-refractivity contribution >= 4 is 26.0 Å². The molecule has 9 heteroatoms. The number of rotatable bonds is 5. The Hall–Kier alpha value is -2.39. The zero-order valence-electron chi connectivity index (χ0n) is 14.8. The lowest BCUT2D eigenvalue weighted by Gasteiger charge is -2.23. The highest BCUT2D eigenvalue weighted by molar-refractivity contribution is 7.91. The first kappa shape index (κ1) is 19.4. The van der Waals surface area contributed by atoms with Crippen LogP contribution in [-0.4, -0.2) is 45.1 Å². The van der Waals surface area contributed by atoms with Crippen LogP contribution in [0.1, 0.15) is 12.5 Å². The van der Waals surface area contributed by atoms with Crippen LogP contribution in [0.2, 0.25) is 0 Å². The Bertz CT molecular complexity index is 1050. The van der Waals surface area contributed by atoms with Crippen molar-refractivity contribution in [2.75, 3.05) is 5.75 Å². The number of nitrogens with zero attached hydrogens (tertiary/aromatic N) is 1. The maximum Gasteiger partial charge on any atom is 0.424 e. The van der Waals surface area contributed by atoms with Gasteiger partial charge in [-0.3, -0.25) is 0 Å². The molecule has 0 spiro atoms. The van der Waals surface area contributed by atoms with Gasteiger partial charge in [0.15, 0.2) is 9.84 Å². The summed E-state index contributed by atoms with van der Waals surface area (Å²) in [7, 11) is -8.07. The summed E-state index contributed by atoms with van der Waals surface area (Å²) in [5.74, 6) is -0.561. The molecular weight excluding hydrogens is 390 g/mol. The summed E-state index contributed by atoms with van der Waals surface area (Å²) in [4.78, 5) is 12.2. The Morgan fingerprint density at radius 3 is 2.11 bits per heavy atom. The number of aryl methyl sites for hydroxylation is 1. The van der Waals surface area contributed by atoms with Crippen LogP contribution >= 0.6 is 0 Å². The fraction of sp³-hybridized carbons (Fsp3) is 0.278. The summed E-state index contributed by atoms with van der Waals surface area (Å²) in [6, 6.07) is 12.5. The van der Waals surface area contributed by atoms with Crippen molar-refractivity contribution in [1.29, 1.82) is 0 Å². The minimum atomic E-state index is -4.25. The molecule has 1 aliphatic heterocycles. The predicted molar refractivity (Wildman–Crippen MR) is 98.4 cm³/mol. The molecule has 0 bridgehead atoms. The van der Waals surface area contributed by atoms with Gasteiger partial charge < -0.3 is 4.74 Å². The van der Waals surface area contributed by atoms with Crippen molar-refractivity contribution in [3.63, 3.8) is 0 Å². The van der Waals surface area contributed by atoms with E-state index in [1.807, 2.05) is 0 Å². The molecule has 1 amide bonds. The van der Waals surface area contributed by atoms with Crippen molar-refractivity contribution in [2.24, 2.45) is 0 Å². The molecule has 0 aromatic heterocycles. The topological polar surface area (TPSA) is 97.8 Å². The Morgan fingerprint density at radius 1 is 0.926 bits per heavy atom. The summed E-state index contributed by atoms with van der Waals surface area (Å²) < 4.78 is 56.9. The van der Waals surface area contributed by atoms with E-state index in [1.165, 1.54) is 31.2 Å². The number of carbonyl (C=O) groups excluding carboxylic acids is 1. The van der Waals surface area contributed by atoms with Gasteiger partial charge in [-0.1, -0.05) is 35.9 Å². The van der Waals surface area contributed by atoms with E-state index < -0.39 is 43.9 Å². The molecule has 0 aliphatic carbocycles. The van der Waals surface area contributed by atoms with Crippen LogP contribution in [0.4, 0.5) is 4.79 Å². The lowest BCUT2D eigenvalue weighted by Crippen LogP contribution is -2.44. The molecule has 7 nitrogen and oxygen atoms in total. The van der Waals surface area contributed by atoms with Crippen LogP contribution in [0, 0.1) is 6.92 Å². The molecule has 0 unspecified atom stereocenters. The highest BCUT2D eigenvalue weighted by atomic mass is 32.2. The largest absolute Gasteiger partial charge is 0.443 e. The SMILES string of the molecule is Cc1ccc(S(=O)(=O)N2C(=O)O[C@H](C)[C@H]2CS(=O)(=O)c2ccccc2)cc1. The van der Waals surface area contributed by atoms with Gasteiger partial charge in [0.1, 0.15) is 12.1 Å². The number of sulfone groups is 1. The number of carbonyl (C=O) groups is 1. The van der Waals surface area contributed by atoms with Gasteiger partial charge in [0.25, 0.3) is 10.0 Å². The van der Waals surface area contributed by atoms with E-state index in [1.54, 1.807) is 37.3 Å². The Labute approximate surface area is 158 Å². The number of amides is 1. The zero-order chi connectivity index (χ0) is 19.8. The molecule has 2 aromatic carbocycles. The molecule has 1 heterocycles. The van der Waals surface area contributed by atoms with Gasteiger partial charge in [0.2, 0.25) is 0 Å². The fourth-order valence-corrected chi connectivity index (χ4v) is 6.14. The number of cyclic esters (lactones) is 1. The second-order valence-corrected chi connectivity index (χ2v) is 10.2. The van der Waals surface area contributed by atoms with Gasteiger partial charge in [-0.25, -0.2) is 21.6 Å². The third-order valence-corrected chi connectivity index (χ3v) is 7.96. The first-order chi connectivity index (χ1) is 12.6. The standard InChI is InChI=1S/C18H19NO6S2/c1-13-8-10-16(11-9-13)27(23,24)19-17(14(2)25-18(19)20)12-26(21,22)15-6-4-3-5-7-15/h3-11,14,17H,12H2,1-2H3/t14-,17-/m1/s1. The number of sulfonamides is 1. The molecule has 0 radical (unpaired) electrons. The van der Waals surface area contributed by atoms with Crippen molar-refractivity contribution < 1.29 is 26.4 Å². The monoisotopic (exact) mass is 409 g/mol. The van der Waals surface area contributed by atoms with Gasteiger partial charge in [-0.2, -0.15) is 4.31 Å². The number of hydrogen-bond donors (Lipinski definition) is 0. The quantitative estimate of drug-likeness (QED) is 0.752. The van der Waals surface area contributed by atoms with Crippen LogP contribution in [-0.2, 0) is 24.6 Å². The van der Waals surface area contributed by atoms with Crippen molar-refractivity contribution in [1.82, 2.24) is 4.31 Å². The molecule has 2 aromatic rings. The summed E-state index contributed by atoms with van der Waals surface area (Å²) in [6.07, 6.45) is -1.97. The summed E-state index contributed by atoms with van der Waals surface area (Å²) in [6.45, 7) is 3.28. The second-order valence-electron chi connectivity index (χ2n) is 6.36. The first-order valence-corrected chi connectivity index (χ1v) is 11.3. The van der Waals surface area contributed by atoms with Gasteiger partial charge >= 0.3 is 6.09 Å². The molecule has 3 rings (SSSR count). The van der Waals surface area contributed by atoms with Gasteiger partial charge in [-0.05, 0) is 38.1 Å². The lowest BCUT2D eigenvalue weighted by atomic mass is 10.2. The number of ether oxygens (including phenoxy) is 1. The van der Waals surface area contributed by atoms with E-state index in [-0.39, 0.29) is 9.79 Å². The molecule has 2 atom stereocenters. The Balaban J connectivity index is 1.99. The average molecular weight is 409 g/mol. The van der Waals surface area contributed by atoms with Crippen LogP contribution < -0.4 is 0 Å². The van der Waals surface area contributed by atoms with Gasteiger partial charge in [-0.15, -0.1) is 0 Å². The molecule has 0 saturated carbocycles. The minimum absolute atomic E-state index is 0.0595. The third-order valence-electron chi connectivity index (χ3n) is 4.38. The molecule has 144 valence electrons. The van der Waals surface area contributed by atoms with Crippen LogP contribution in [0.25, 0.3) is 0 Å². The third kappa shape index (κ3) is 3.70. The van der Waals surface area contributed by atoms with Crippen LogP contribution in [0.5, 0.6) is 0 Å². The molecule has 1 saturated heterocycles. The van der Waals surface area contributed by atoms with Gasteiger partial charge in [0.05, 0.1) is 15.5 Å². The van der Waals surface area contributed by atoms with Crippen LogP contribution in [0.3, 0.4) is 0 Å². The van der Waals surface area contributed by atoms with E-state index in [0.29, 0.717) is 4.31 Å². The smallest absolute Gasteiger partial charge is 0.424 e. The van der Waals surface area contributed by atoms with Gasteiger partial charge in [0, 0.05) is 0 Å². The van der Waals surface area contributed by atoms with E-state index >= 15 is 0 Å². The Kier molecular flexibility index (Phi) is 5.00. The highest BCUT2D eigenvalue weighted by Gasteiger charge is 2.48. The molecule has 27 heavy (non-hydrogen) atoms. The maximum atomic E-state index is 13.0. The molecule has 1 fully saturated rings. The number of hydrogen-bond acceptors (Lipinski definition) is 6. The van der Waals surface area contributed by atoms with Crippen molar-refractivity contribution in [3.8, 4) is 0 Å². The summed E-state index contributed by atoms with van der Waals surface area (Å²) in [5.41, 5.74) is 0.856. The van der Waals surface area contributed by atoms with Crippen molar-refractivity contribution in [3.05, 3.63) is 60.2 Å². The first-order valence-electron chi connectivity index (χ1n) is 8.22. The molecule has 1 aliphatic rings. The summed E-state index contributed by atoms with van der Waals surface area (Å²) >= 11 is 0. The van der Waals surface area contributed by atoms with Crippen LogP contribution in [0.15, 0.2) is 64.4 Å². The average Bonchev–Trinajstić information content (AvgIpc) is 2.89. The van der Waals surface area contributed by atoms with E-state index in [0.717, 1.165) is 5.56 Å². The highest BCUT2D eigenvalue weighted by Crippen LogP contribution is 2.29. The zero-order valence-corrected chi connectivity index (χ0v) is 16.4. The summed E-state index contributed by atoms with van der Waals surface area (Å²) in [5, 5.41) is 0. The lowest BCUT2D eigenvalue weighted by molar-refractivity contribution is 0.141. The molecule has 0 N–H and O–H groups in total. The van der Waals surface area contributed by atoms with Crippen molar-refractivity contribution in [2.45, 2.75) is 35.8 Å². The maximum absolute atomic E-state index is 13.0. The minimum Gasteiger partial charge on any atom is -0.443 e. The fourth-order valence-electron chi connectivity index (χ4n) is 2.87. The normalized spacial score (nSPS) is 20.5. The van der Waals surface area contributed by atoms with E-state index in [2.05, 4.69) is 0 Å². The van der Waals surface area contributed by atoms with E-state index in [9.17, 15) is 21.6 Å². The van der Waals surface area contributed by atoms with E-state index in [4.69, 9.17) is 4.74 Å². The predicted octanol–water partition coefficient (Wildman–Crippen LogP) is 2.37. The number of benzene rings is 2. The Morgan fingerprint density at radius 2 is 1.52 bits per heavy atom.